The highest BCUT2D eigenvalue weighted by molar-refractivity contribution is 6.03. The van der Waals surface area contributed by atoms with Gasteiger partial charge in [-0.05, 0) is 26.2 Å². The second-order valence-electron chi connectivity index (χ2n) is 3.44. The van der Waals surface area contributed by atoms with E-state index >= 15 is 0 Å². The Kier molecular flexibility index (Phi) is 6.73. The lowest BCUT2D eigenvalue weighted by Gasteiger charge is -2.22. The van der Waals surface area contributed by atoms with Gasteiger partial charge in [-0.15, -0.1) is 12.5 Å². The number of hydrogen-bond acceptors (Lipinski definition) is 4. The van der Waals surface area contributed by atoms with Crippen molar-refractivity contribution in [3.05, 3.63) is 12.7 Å². The normalized spacial score (nSPS) is 9.82. The van der Waals surface area contributed by atoms with Gasteiger partial charge in [0, 0.05) is 0 Å². The van der Waals surface area contributed by atoms with Gasteiger partial charge in [-0.25, -0.2) is 9.59 Å². The molecule has 4 nitrogen and oxygen atoms in total. The highest BCUT2D eigenvalue weighted by atomic mass is 16.5. The number of hydrogen-bond donors (Lipinski definition) is 0. The largest absolute Gasteiger partial charge is 0.467 e. The summed E-state index contributed by atoms with van der Waals surface area (Å²) in [4.78, 5) is 23.5. The van der Waals surface area contributed by atoms with E-state index < -0.39 is 17.4 Å². The molecule has 0 aliphatic rings. The van der Waals surface area contributed by atoms with Crippen LogP contribution in [0.1, 0.15) is 26.2 Å². The molecule has 0 aromatic rings. The fourth-order valence-corrected chi connectivity index (χ4v) is 1.53. The van der Waals surface area contributed by atoms with E-state index in [2.05, 4.69) is 27.9 Å². The molecule has 17 heavy (non-hydrogen) atoms. The Morgan fingerprint density at radius 2 is 1.82 bits per heavy atom. The average Bonchev–Trinajstić information content (AvgIpc) is 2.35. The van der Waals surface area contributed by atoms with Crippen molar-refractivity contribution >= 4 is 11.9 Å². The molecule has 0 spiro atoms. The van der Waals surface area contributed by atoms with Crippen LogP contribution in [-0.4, -0.2) is 26.2 Å². The second-order valence-corrected chi connectivity index (χ2v) is 3.44. The van der Waals surface area contributed by atoms with Gasteiger partial charge in [-0.2, -0.15) is 0 Å². The van der Waals surface area contributed by atoms with Gasteiger partial charge in [-0.3, -0.25) is 0 Å². The molecule has 0 rings (SSSR count). The lowest BCUT2D eigenvalue weighted by atomic mass is 9.83. The van der Waals surface area contributed by atoms with E-state index in [1.807, 2.05) is 0 Å². The molecular weight excluding hydrogens is 220 g/mol. The second kappa shape index (κ2) is 7.50. The van der Waals surface area contributed by atoms with Crippen LogP contribution in [0.5, 0.6) is 0 Å². The first-order chi connectivity index (χ1) is 8.08. The van der Waals surface area contributed by atoms with Gasteiger partial charge in [0.25, 0.3) is 0 Å². The van der Waals surface area contributed by atoms with Crippen molar-refractivity contribution in [2.75, 3.05) is 14.2 Å². The van der Waals surface area contributed by atoms with Gasteiger partial charge in [0.2, 0.25) is 5.41 Å². The molecule has 0 heterocycles. The Bertz CT molecular complexity index is 330. The van der Waals surface area contributed by atoms with Crippen molar-refractivity contribution < 1.29 is 19.1 Å². The van der Waals surface area contributed by atoms with Gasteiger partial charge >= 0.3 is 11.9 Å². The zero-order valence-corrected chi connectivity index (χ0v) is 10.5. The molecular formula is C13H18O4. The summed E-state index contributed by atoms with van der Waals surface area (Å²) in [5, 5.41) is 0. The fourth-order valence-electron chi connectivity index (χ4n) is 1.53. The molecule has 0 N–H and O–H groups in total. The highest BCUT2D eigenvalue weighted by Crippen LogP contribution is 2.27. The summed E-state index contributed by atoms with van der Waals surface area (Å²) in [5.41, 5.74) is -1.51. The zero-order chi connectivity index (χ0) is 13.3. The van der Waals surface area contributed by atoms with Crippen LogP contribution in [0.2, 0.25) is 0 Å². The highest BCUT2D eigenvalue weighted by Gasteiger charge is 2.46. The molecule has 0 fully saturated rings. The molecule has 0 saturated heterocycles. The van der Waals surface area contributed by atoms with E-state index in [-0.39, 0.29) is 6.42 Å². The lowest BCUT2D eigenvalue weighted by Crippen LogP contribution is -2.40. The van der Waals surface area contributed by atoms with E-state index in [0.717, 1.165) is 0 Å². The third kappa shape index (κ3) is 3.63. The van der Waals surface area contributed by atoms with Crippen LogP contribution in [0.15, 0.2) is 12.7 Å². The van der Waals surface area contributed by atoms with E-state index in [1.54, 1.807) is 13.0 Å². The molecule has 4 heteroatoms. The van der Waals surface area contributed by atoms with Crippen LogP contribution in [0.4, 0.5) is 0 Å². The van der Waals surface area contributed by atoms with Crippen LogP contribution in [0.3, 0.4) is 0 Å². The molecule has 0 saturated carbocycles. The van der Waals surface area contributed by atoms with Gasteiger partial charge in [0.05, 0.1) is 14.2 Å². The van der Waals surface area contributed by atoms with Crippen molar-refractivity contribution in [2.45, 2.75) is 26.2 Å². The molecule has 0 aromatic carbocycles. The maximum Gasteiger partial charge on any atom is 0.335 e. The SMILES string of the molecule is C=CCCCC(C#CC)(C(=O)OC)C(=O)OC. The van der Waals surface area contributed by atoms with Crippen LogP contribution < -0.4 is 0 Å². The van der Waals surface area contributed by atoms with Crippen LogP contribution in [0.25, 0.3) is 0 Å². The van der Waals surface area contributed by atoms with Crippen LogP contribution in [0, 0.1) is 17.3 Å². The van der Waals surface area contributed by atoms with Crippen molar-refractivity contribution in [3.8, 4) is 11.8 Å². The molecule has 0 atom stereocenters. The number of carbonyl (C=O) groups excluding carboxylic acids is 2. The maximum absolute atomic E-state index is 11.8. The molecule has 0 amide bonds. The van der Waals surface area contributed by atoms with E-state index in [9.17, 15) is 9.59 Å². The standard InChI is InChI=1S/C13H18O4/c1-5-7-8-10-13(9-6-2,11(14)16-3)12(15)17-4/h5H,1,7-8,10H2,2-4H3. The van der Waals surface area contributed by atoms with E-state index in [1.165, 1.54) is 14.2 Å². The summed E-state index contributed by atoms with van der Waals surface area (Å²) in [6.07, 6.45) is 3.29. The molecule has 0 aliphatic heterocycles. The topological polar surface area (TPSA) is 52.6 Å². The summed E-state index contributed by atoms with van der Waals surface area (Å²) in [6, 6.07) is 0. The Hall–Kier alpha value is -1.76. The van der Waals surface area contributed by atoms with Gasteiger partial charge in [0.1, 0.15) is 0 Å². The Balaban J connectivity index is 5.21. The van der Waals surface area contributed by atoms with E-state index in [0.29, 0.717) is 12.8 Å². The molecule has 0 bridgehead atoms. The maximum atomic E-state index is 11.8. The number of esters is 2. The Morgan fingerprint density at radius 1 is 1.29 bits per heavy atom. The van der Waals surface area contributed by atoms with Crippen LogP contribution >= 0.6 is 0 Å². The zero-order valence-electron chi connectivity index (χ0n) is 10.5. The predicted molar refractivity (Wildman–Crippen MR) is 64.0 cm³/mol. The molecule has 0 aromatic heterocycles. The van der Waals surface area contributed by atoms with Crippen molar-refractivity contribution in [3.63, 3.8) is 0 Å². The number of unbranched alkanes of at least 4 members (excludes halogenated alkanes) is 1. The molecule has 0 unspecified atom stereocenters. The summed E-state index contributed by atoms with van der Waals surface area (Å²) in [6.45, 7) is 5.15. The quantitative estimate of drug-likeness (QED) is 0.232. The Labute approximate surface area is 102 Å². The molecule has 0 radical (unpaired) electrons. The minimum absolute atomic E-state index is 0.263. The molecule has 0 aliphatic carbocycles. The number of methoxy groups -OCH3 is 2. The first kappa shape index (κ1) is 15.2. The monoisotopic (exact) mass is 238 g/mol. The van der Waals surface area contributed by atoms with Crippen molar-refractivity contribution in [1.29, 1.82) is 0 Å². The predicted octanol–water partition coefficient (Wildman–Crippen LogP) is 1.70. The lowest BCUT2D eigenvalue weighted by molar-refractivity contribution is -0.164. The van der Waals surface area contributed by atoms with Crippen molar-refractivity contribution in [2.24, 2.45) is 5.41 Å². The summed E-state index contributed by atoms with van der Waals surface area (Å²) >= 11 is 0. The first-order valence-electron chi connectivity index (χ1n) is 5.30. The first-order valence-corrected chi connectivity index (χ1v) is 5.30. The van der Waals surface area contributed by atoms with Crippen molar-refractivity contribution in [1.82, 2.24) is 0 Å². The minimum Gasteiger partial charge on any atom is -0.467 e. The molecule has 94 valence electrons. The van der Waals surface area contributed by atoms with Crippen LogP contribution in [-0.2, 0) is 19.1 Å². The summed E-state index contributed by atoms with van der Waals surface area (Å²) < 4.78 is 9.31. The number of rotatable bonds is 6. The third-order valence-corrected chi connectivity index (χ3v) is 2.37. The van der Waals surface area contributed by atoms with Gasteiger partial charge in [-0.1, -0.05) is 12.0 Å². The fraction of sp³-hybridized carbons (Fsp3) is 0.538. The van der Waals surface area contributed by atoms with Gasteiger partial charge < -0.3 is 9.47 Å². The summed E-state index contributed by atoms with van der Waals surface area (Å²) in [7, 11) is 2.45. The van der Waals surface area contributed by atoms with Gasteiger partial charge in [0.15, 0.2) is 0 Å². The smallest absolute Gasteiger partial charge is 0.335 e. The number of carbonyl (C=O) groups is 2. The average molecular weight is 238 g/mol. The third-order valence-electron chi connectivity index (χ3n) is 2.37. The van der Waals surface area contributed by atoms with E-state index in [4.69, 9.17) is 0 Å². The minimum atomic E-state index is -1.51. The summed E-state index contributed by atoms with van der Waals surface area (Å²) in [5.74, 6) is 3.86. The Morgan fingerprint density at radius 3 is 2.18 bits per heavy atom. The number of allylic oxidation sites excluding steroid dienone is 1. The number of ether oxygens (including phenoxy) is 2.